The van der Waals surface area contributed by atoms with E-state index in [0.29, 0.717) is 29.4 Å². The van der Waals surface area contributed by atoms with Crippen LogP contribution in [0.3, 0.4) is 0 Å². The topological polar surface area (TPSA) is 64.1 Å². The Morgan fingerprint density at radius 1 is 1.56 bits per heavy atom. The second-order valence-electron chi connectivity index (χ2n) is 4.45. The molecule has 1 aromatic rings. The lowest BCUT2D eigenvalue weighted by molar-refractivity contribution is 0.108. The number of ether oxygens (including phenoxy) is 1. The van der Waals surface area contributed by atoms with Gasteiger partial charge >= 0.3 is 0 Å². The molecule has 2 unspecified atom stereocenters. The van der Waals surface area contributed by atoms with Crippen LogP contribution in [0.2, 0.25) is 5.15 Å². The Bertz CT molecular complexity index is 453. The van der Waals surface area contributed by atoms with Gasteiger partial charge in [-0.3, -0.25) is 4.79 Å². The minimum atomic E-state index is 0.190. The lowest BCUT2D eigenvalue weighted by atomic mass is 10.0. The zero-order valence-corrected chi connectivity index (χ0v) is 11.2. The van der Waals surface area contributed by atoms with E-state index >= 15 is 0 Å². The van der Waals surface area contributed by atoms with Crippen LogP contribution < -0.4 is 5.32 Å². The van der Waals surface area contributed by atoms with Crippen molar-refractivity contribution in [2.75, 3.05) is 18.5 Å². The van der Waals surface area contributed by atoms with E-state index < -0.39 is 0 Å². The van der Waals surface area contributed by atoms with Crippen molar-refractivity contribution in [1.29, 1.82) is 0 Å². The fourth-order valence-electron chi connectivity index (χ4n) is 2.06. The highest BCUT2D eigenvalue weighted by Crippen LogP contribution is 2.23. The van der Waals surface area contributed by atoms with E-state index in [-0.39, 0.29) is 11.3 Å². The Balaban J connectivity index is 2.10. The van der Waals surface area contributed by atoms with E-state index in [4.69, 9.17) is 16.3 Å². The number of carbonyl (C=O) groups excluding carboxylic acids is 1. The molecule has 1 fully saturated rings. The van der Waals surface area contributed by atoms with E-state index in [2.05, 4.69) is 22.2 Å². The van der Waals surface area contributed by atoms with Crippen LogP contribution in [0.15, 0.2) is 0 Å². The van der Waals surface area contributed by atoms with Crippen LogP contribution in [0.4, 0.5) is 5.82 Å². The summed E-state index contributed by atoms with van der Waals surface area (Å²) in [6.07, 6.45) is 1.93. The second kappa shape index (κ2) is 5.63. The molecule has 1 N–H and O–H groups in total. The number of nitrogens with zero attached hydrogens (tertiary/aromatic N) is 2. The average Bonchev–Trinajstić information content (AvgIpc) is 2.71. The smallest absolute Gasteiger partial charge is 0.156 e. The fourth-order valence-corrected chi connectivity index (χ4v) is 2.31. The van der Waals surface area contributed by atoms with Crippen LogP contribution in [0.1, 0.15) is 29.5 Å². The number of nitrogens with one attached hydrogen (secondary N) is 1. The Labute approximate surface area is 111 Å². The summed E-state index contributed by atoms with van der Waals surface area (Å²) in [6.45, 7) is 5.30. The van der Waals surface area contributed by atoms with Crippen LogP contribution in [-0.2, 0) is 4.74 Å². The molecule has 1 saturated heterocycles. The van der Waals surface area contributed by atoms with Gasteiger partial charge in [0.2, 0.25) is 0 Å². The van der Waals surface area contributed by atoms with Gasteiger partial charge in [0, 0.05) is 19.1 Å². The van der Waals surface area contributed by atoms with Crippen molar-refractivity contribution >= 4 is 23.7 Å². The van der Waals surface area contributed by atoms with Gasteiger partial charge in [0.25, 0.3) is 0 Å². The highest BCUT2D eigenvalue weighted by atomic mass is 35.5. The first-order valence-electron chi connectivity index (χ1n) is 5.96. The molecular formula is C12H16ClN3O2. The van der Waals surface area contributed by atoms with Gasteiger partial charge in [-0.25, -0.2) is 9.97 Å². The maximum absolute atomic E-state index is 11.0. The molecule has 0 spiro atoms. The van der Waals surface area contributed by atoms with Crippen LogP contribution in [0.25, 0.3) is 0 Å². The van der Waals surface area contributed by atoms with Gasteiger partial charge in [-0.15, -0.1) is 0 Å². The predicted octanol–water partition coefficient (Wildman–Crippen LogP) is 2.09. The number of anilines is 1. The molecule has 0 radical (unpaired) electrons. The van der Waals surface area contributed by atoms with Crippen molar-refractivity contribution in [3.8, 4) is 0 Å². The summed E-state index contributed by atoms with van der Waals surface area (Å²) in [6, 6.07) is 0. The first-order chi connectivity index (χ1) is 8.61. The highest BCUT2D eigenvalue weighted by molar-refractivity contribution is 6.32. The molecule has 5 nitrogen and oxygen atoms in total. The first kappa shape index (κ1) is 13.2. The van der Waals surface area contributed by atoms with E-state index in [0.717, 1.165) is 19.6 Å². The number of carbonyl (C=O) groups is 1. The predicted molar refractivity (Wildman–Crippen MR) is 69.2 cm³/mol. The van der Waals surface area contributed by atoms with Crippen molar-refractivity contribution in [2.24, 2.45) is 5.92 Å². The molecule has 98 valence electrons. The lowest BCUT2D eigenvalue weighted by Crippen LogP contribution is -2.22. The van der Waals surface area contributed by atoms with Crippen molar-refractivity contribution < 1.29 is 9.53 Å². The number of aryl methyl sites for hydroxylation is 1. The average molecular weight is 270 g/mol. The summed E-state index contributed by atoms with van der Waals surface area (Å²) < 4.78 is 5.49. The molecule has 0 aliphatic carbocycles. The summed E-state index contributed by atoms with van der Waals surface area (Å²) in [4.78, 5) is 19.2. The van der Waals surface area contributed by atoms with Crippen LogP contribution in [-0.4, -0.2) is 35.5 Å². The van der Waals surface area contributed by atoms with Crippen molar-refractivity contribution in [3.05, 3.63) is 16.5 Å². The van der Waals surface area contributed by atoms with Crippen molar-refractivity contribution in [1.82, 2.24) is 9.97 Å². The van der Waals surface area contributed by atoms with E-state index in [1.54, 1.807) is 6.92 Å². The van der Waals surface area contributed by atoms with Gasteiger partial charge in [-0.05, 0) is 20.3 Å². The number of aromatic nitrogens is 2. The molecule has 18 heavy (non-hydrogen) atoms. The van der Waals surface area contributed by atoms with Gasteiger partial charge in [0.05, 0.1) is 11.7 Å². The van der Waals surface area contributed by atoms with Gasteiger partial charge in [-0.2, -0.15) is 0 Å². The summed E-state index contributed by atoms with van der Waals surface area (Å²) in [5.74, 6) is 1.48. The third-order valence-electron chi connectivity index (χ3n) is 3.19. The SMILES string of the molecule is Cc1nc(Cl)c(C=O)c(NCC2CCOC2C)n1. The van der Waals surface area contributed by atoms with Gasteiger partial charge < -0.3 is 10.1 Å². The van der Waals surface area contributed by atoms with Crippen LogP contribution in [0, 0.1) is 12.8 Å². The third kappa shape index (κ3) is 2.79. The standard InChI is InChI=1S/C12H16ClN3O2/c1-7-9(3-4-18-7)5-14-12-10(6-17)11(13)15-8(2)16-12/h6-7,9H,3-5H2,1-2H3,(H,14,15,16). The maximum Gasteiger partial charge on any atom is 0.156 e. The highest BCUT2D eigenvalue weighted by Gasteiger charge is 2.24. The molecule has 0 aromatic carbocycles. The minimum absolute atomic E-state index is 0.190. The Kier molecular flexibility index (Phi) is 4.14. The summed E-state index contributed by atoms with van der Waals surface area (Å²) in [5.41, 5.74) is 0.314. The van der Waals surface area contributed by atoms with E-state index in [1.165, 1.54) is 0 Å². The normalized spacial score (nSPS) is 23.1. The van der Waals surface area contributed by atoms with Crippen LogP contribution >= 0.6 is 11.6 Å². The fraction of sp³-hybridized carbons (Fsp3) is 0.583. The molecule has 0 saturated carbocycles. The summed E-state index contributed by atoms with van der Waals surface area (Å²) in [7, 11) is 0. The molecule has 0 bridgehead atoms. The molecular weight excluding hydrogens is 254 g/mol. The summed E-state index contributed by atoms with van der Waals surface area (Å²) in [5, 5.41) is 3.36. The zero-order valence-electron chi connectivity index (χ0n) is 10.4. The number of hydrogen-bond acceptors (Lipinski definition) is 5. The molecule has 1 aromatic heterocycles. The van der Waals surface area contributed by atoms with Crippen LogP contribution in [0.5, 0.6) is 0 Å². The zero-order chi connectivity index (χ0) is 13.1. The Morgan fingerprint density at radius 3 is 2.94 bits per heavy atom. The second-order valence-corrected chi connectivity index (χ2v) is 4.81. The van der Waals surface area contributed by atoms with Crippen molar-refractivity contribution in [2.45, 2.75) is 26.4 Å². The minimum Gasteiger partial charge on any atom is -0.378 e. The van der Waals surface area contributed by atoms with Gasteiger partial charge in [-0.1, -0.05) is 11.6 Å². The summed E-state index contributed by atoms with van der Waals surface area (Å²) >= 11 is 5.91. The quantitative estimate of drug-likeness (QED) is 0.670. The Morgan fingerprint density at radius 2 is 2.33 bits per heavy atom. The van der Waals surface area contributed by atoms with E-state index in [9.17, 15) is 4.79 Å². The third-order valence-corrected chi connectivity index (χ3v) is 3.48. The molecule has 2 atom stereocenters. The molecule has 2 rings (SSSR count). The molecule has 1 aliphatic rings. The first-order valence-corrected chi connectivity index (χ1v) is 6.34. The van der Waals surface area contributed by atoms with E-state index in [1.807, 2.05) is 0 Å². The molecule has 1 aliphatic heterocycles. The monoisotopic (exact) mass is 269 g/mol. The molecule has 0 amide bonds. The number of rotatable bonds is 4. The number of hydrogen-bond donors (Lipinski definition) is 1. The maximum atomic E-state index is 11.0. The molecule has 2 heterocycles. The Hall–Kier alpha value is -1.20. The number of aldehydes is 1. The number of halogens is 1. The molecule has 6 heteroatoms. The van der Waals surface area contributed by atoms with Gasteiger partial charge in [0.1, 0.15) is 16.8 Å². The largest absolute Gasteiger partial charge is 0.378 e. The lowest BCUT2D eigenvalue weighted by Gasteiger charge is -2.16. The van der Waals surface area contributed by atoms with Crippen molar-refractivity contribution in [3.63, 3.8) is 0 Å². The van der Waals surface area contributed by atoms with Gasteiger partial charge in [0.15, 0.2) is 6.29 Å².